The summed E-state index contributed by atoms with van der Waals surface area (Å²) in [6.07, 6.45) is 6.84. The molecule has 2 heterocycles. The maximum atomic E-state index is 4.35. The summed E-state index contributed by atoms with van der Waals surface area (Å²) in [5.74, 6) is 0. The van der Waals surface area contributed by atoms with Crippen molar-refractivity contribution in [2.45, 2.75) is 26.8 Å². The Labute approximate surface area is 102 Å². The van der Waals surface area contributed by atoms with Crippen LogP contribution >= 0.6 is 0 Å². The quantitative estimate of drug-likeness (QED) is 0.858. The van der Waals surface area contributed by atoms with Crippen molar-refractivity contribution in [3.05, 3.63) is 42.0 Å². The van der Waals surface area contributed by atoms with E-state index in [-0.39, 0.29) is 0 Å². The lowest BCUT2D eigenvalue weighted by molar-refractivity contribution is 0.672. The van der Waals surface area contributed by atoms with Crippen molar-refractivity contribution < 1.29 is 0 Å². The van der Waals surface area contributed by atoms with E-state index >= 15 is 0 Å². The molecular weight excluding hydrogens is 212 g/mol. The minimum Gasteiger partial charge on any atom is -0.385 e. The maximum absolute atomic E-state index is 4.35. The first-order valence-corrected chi connectivity index (χ1v) is 5.96. The van der Waals surface area contributed by atoms with E-state index in [0.717, 1.165) is 30.9 Å². The lowest BCUT2D eigenvalue weighted by atomic mass is 10.3. The number of aromatic nitrogens is 3. The Morgan fingerprint density at radius 3 is 3.00 bits per heavy atom. The Bertz CT molecular complexity index is 476. The second-order valence-corrected chi connectivity index (χ2v) is 4.18. The molecule has 4 heteroatoms. The van der Waals surface area contributed by atoms with E-state index in [4.69, 9.17) is 0 Å². The van der Waals surface area contributed by atoms with Crippen molar-refractivity contribution >= 4 is 5.69 Å². The standard InChI is InChI=1S/C13H18N4/c1-3-5-14-12-4-6-15-13(7-12)10-17-9-11(2)8-16-17/h4,6-9H,3,5,10H2,1-2H3,(H,14,15). The third kappa shape index (κ3) is 3.31. The SMILES string of the molecule is CCCNc1ccnc(Cn2cc(C)cn2)c1. The third-order valence-electron chi connectivity index (χ3n) is 2.48. The maximum Gasteiger partial charge on any atom is 0.0832 e. The number of pyridine rings is 1. The fraction of sp³-hybridized carbons (Fsp3) is 0.385. The topological polar surface area (TPSA) is 42.7 Å². The van der Waals surface area contributed by atoms with Gasteiger partial charge in [-0.1, -0.05) is 6.92 Å². The van der Waals surface area contributed by atoms with Crippen molar-refractivity contribution in [3.63, 3.8) is 0 Å². The number of aryl methyl sites for hydroxylation is 1. The Balaban J connectivity index is 2.05. The van der Waals surface area contributed by atoms with E-state index in [1.54, 1.807) is 0 Å². The normalized spacial score (nSPS) is 10.5. The van der Waals surface area contributed by atoms with Gasteiger partial charge in [0, 0.05) is 24.6 Å². The summed E-state index contributed by atoms with van der Waals surface area (Å²) >= 11 is 0. The lowest BCUT2D eigenvalue weighted by Gasteiger charge is -2.06. The number of nitrogens with one attached hydrogen (secondary N) is 1. The van der Waals surface area contributed by atoms with E-state index in [1.165, 1.54) is 5.56 Å². The molecule has 0 unspecified atom stereocenters. The van der Waals surface area contributed by atoms with Gasteiger partial charge in [-0.15, -0.1) is 0 Å². The van der Waals surface area contributed by atoms with Gasteiger partial charge in [-0.3, -0.25) is 9.67 Å². The number of rotatable bonds is 5. The summed E-state index contributed by atoms with van der Waals surface area (Å²) in [5, 5.41) is 7.62. The van der Waals surface area contributed by atoms with Crippen LogP contribution in [-0.4, -0.2) is 21.3 Å². The van der Waals surface area contributed by atoms with Gasteiger partial charge in [-0.05, 0) is 31.0 Å². The summed E-state index contributed by atoms with van der Waals surface area (Å²) in [6.45, 7) is 5.90. The highest BCUT2D eigenvalue weighted by molar-refractivity contribution is 5.43. The van der Waals surface area contributed by atoms with E-state index in [2.05, 4.69) is 28.4 Å². The van der Waals surface area contributed by atoms with E-state index in [1.807, 2.05) is 36.3 Å². The molecule has 2 aromatic heterocycles. The summed E-state index contributed by atoms with van der Waals surface area (Å²) in [4.78, 5) is 4.35. The lowest BCUT2D eigenvalue weighted by Crippen LogP contribution is -2.04. The summed E-state index contributed by atoms with van der Waals surface area (Å²) in [7, 11) is 0. The molecule has 0 atom stereocenters. The van der Waals surface area contributed by atoms with Crippen LogP contribution in [0.4, 0.5) is 5.69 Å². The van der Waals surface area contributed by atoms with Crippen LogP contribution in [0.25, 0.3) is 0 Å². The second kappa shape index (κ2) is 5.48. The zero-order valence-corrected chi connectivity index (χ0v) is 10.3. The van der Waals surface area contributed by atoms with E-state index in [9.17, 15) is 0 Å². The Hall–Kier alpha value is -1.84. The van der Waals surface area contributed by atoms with Gasteiger partial charge in [0.15, 0.2) is 0 Å². The molecule has 2 aromatic rings. The van der Waals surface area contributed by atoms with Crippen LogP contribution in [0.15, 0.2) is 30.7 Å². The largest absolute Gasteiger partial charge is 0.385 e. The molecule has 0 amide bonds. The van der Waals surface area contributed by atoms with E-state index < -0.39 is 0 Å². The highest BCUT2D eigenvalue weighted by Gasteiger charge is 1.99. The summed E-state index contributed by atoms with van der Waals surface area (Å²) in [6, 6.07) is 4.07. The highest BCUT2D eigenvalue weighted by atomic mass is 15.3. The number of anilines is 1. The van der Waals surface area contributed by atoms with Gasteiger partial charge in [-0.2, -0.15) is 5.10 Å². The molecular formula is C13H18N4. The molecule has 1 N–H and O–H groups in total. The first kappa shape index (κ1) is 11.6. The van der Waals surface area contributed by atoms with Gasteiger partial charge < -0.3 is 5.32 Å². The Morgan fingerprint density at radius 2 is 2.29 bits per heavy atom. The van der Waals surface area contributed by atoms with Gasteiger partial charge in [0.25, 0.3) is 0 Å². The molecule has 4 nitrogen and oxygen atoms in total. The summed E-state index contributed by atoms with van der Waals surface area (Å²) in [5.41, 5.74) is 3.32. The predicted octanol–water partition coefficient (Wildman–Crippen LogP) is 2.46. The van der Waals surface area contributed by atoms with Crippen LogP contribution < -0.4 is 5.32 Å². The number of hydrogen-bond donors (Lipinski definition) is 1. The van der Waals surface area contributed by atoms with Crippen molar-refractivity contribution in [2.75, 3.05) is 11.9 Å². The molecule has 0 fully saturated rings. The van der Waals surface area contributed by atoms with Crippen LogP contribution in [0.3, 0.4) is 0 Å². The molecule has 17 heavy (non-hydrogen) atoms. The van der Waals surface area contributed by atoms with Gasteiger partial charge in [-0.25, -0.2) is 0 Å². The fourth-order valence-electron chi connectivity index (χ4n) is 1.66. The molecule has 0 aliphatic carbocycles. The van der Waals surface area contributed by atoms with Crippen molar-refractivity contribution in [3.8, 4) is 0 Å². The number of hydrogen-bond acceptors (Lipinski definition) is 3. The smallest absolute Gasteiger partial charge is 0.0832 e. The van der Waals surface area contributed by atoms with Crippen LogP contribution in [0.1, 0.15) is 24.6 Å². The van der Waals surface area contributed by atoms with Crippen LogP contribution in [-0.2, 0) is 6.54 Å². The van der Waals surface area contributed by atoms with Gasteiger partial charge in [0.1, 0.15) is 0 Å². The minimum absolute atomic E-state index is 0.718. The first-order chi connectivity index (χ1) is 8.28. The molecule has 0 saturated heterocycles. The number of nitrogens with zero attached hydrogens (tertiary/aromatic N) is 3. The average molecular weight is 230 g/mol. The molecule has 0 spiro atoms. The van der Waals surface area contributed by atoms with Gasteiger partial charge in [0.05, 0.1) is 18.4 Å². The van der Waals surface area contributed by atoms with Crippen LogP contribution in [0, 0.1) is 6.92 Å². The molecule has 0 aliphatic rings. The Morgan fingerprint density at radius 1 is 1.41 bits per heavy atom. The molecule has 90 valence electrons. The predicted molar refractivity (Wildman–Crippen MR) is 69.1 cm³/mol. The van der Waals surface area contributed by atoms with Gasteiger partial charge in [0.2, 0.25) is 0 Å². The van der Waals surface area contributed by atoms with Crippen LogP contribution in [0.5, 0.6) is 0 Å². The molecule has 0 bridgehead atoms. The van der Waals surface area contributed by atoms with Crippen LogP contribution in [0.2, 0.25) is 0 Å². The molecule has 0 aliphatic heterocycles. The average Bonchev–Trinajstić information content (AvgIpc) is 2.73. The first-order valence-electron chi connectivity index (χ1n) is 5.96. The zero-order valence-electron chi connectivity index (χ0n) is 10.3. The molecule has 0 radical (unpaired) electrons. The zero-order chi connectivity index (χ0) is 12.1. The van der Waals surface area contributed by atoms with Crippen molar-refractivity contribution in [2.24, 2.45) is 0 Å². The summed E-state index contributed by atoms with van der Waals surface area (Å²) < 4.78 is 1.90. The van der Waals surface area contributed by atoms with Crippen molar-refractivity contribution in [1.29, 1.82) is 0 Å². The molecule has 0 aromatic carbocycles. The monoisotopic (exact) mass is 230 g/mol. The molecule has 2 rings (SSSR count). The highest BCUT2D eigenvalue weighted by Crippen LogP contribution is 2.09. The Kier molecular flexibility index (Phi) is 3.75. The fourth-order valence-corrected chi connectivity index (χ4v) is 1.66. The van der Waals surface area contributed by atoms with Crippen molar-refractivity contribution in [1.82, 2.24) is 14.8 Å². The second-order valence-electron chi connectivity index (χ2n) is 4.18. The van der Waals surface area contributed by atoms with E-state index in [0.29, 0.717) is 0 Å². The van der Waals surface area contributed by atoms with Gasteiger partial charge >= 0.3 is 0 Å². The molecule has 0 saturated carbocycles. The third-order valence-corrected chi connectivity index (χ3v) is 2.48. The minimum atomic E-state index is 0.718.